The third-order valence-corrected chi connectivity index (χ3v) is 2.99. The zero-order valence-corrected chi connectivity index (χ0v) is 11.9. The van der Waals surface area contributed by atoms with E-state index in [0.717, 1.165) is 18.5 Å². The van der Waals surface area contributed by atoms with Crippen molar-refractivity contribution in [2.45, 2.75) is 38.1 Å². The quantitative estimate of drug-likeness (QED) is 0.869. The number of nitrogens with two attached hydrogens (primary N) is 1. The fourth-order valence-electron chi connectivity index (χ4n) is 1.36. The van der Waals surface area contributed by atoms with Crippen LogP contribution in [0.15, 0.2) is 10.9 Å². The number of carbonyl (C=O) groups is 1. The molecule has 0 unspecified atom stereocenters. The van der Waals surface area contributed by atoms with Gasteiger partial charge in [0.25, 0.3) is 0 Å². The van der Waals surface area contributed by atoms with Gasteiger partial charge in [-0.1, -0.05) is 6.92 Å². The van der Waals surface area contributed by atoms with Crippen LogP contribution >= 0.6 is 11.3 Å². The van der Waals surface area contributed by atoms with Crippen molar-refractivity contribution < 1.29 is 27.8 Å². The Bertz CT molecular complexity index is 381. The Morgan fingerprint density at radius 2 is 2.15 bits per heavy atom. The van der Waals surface area contributed by atoms with Gasteiger partial charge in [0.1, 0.15) is 0 Å². The van der Waals surface area contributed by atoms with Crippen LogP contribution in [0.3, 0.4) is 0 Å². The van der Waals surface area contributed by atoms with Crippen LogP contribution in [0.4, 0.5) is 13.2 Å². The van der Waals surface area contributed by atoms with Crippen molar-refractivity contribution in [3.8, 4) is 0 Å². The summed E-state index contributed by atoms with van der Waals surface area (Å²) in [5, 5.41) is 9.15. The number of rotatable bonds is 5. The molecule has 0 aliphatic carbocycles. The molecule has 0 radical (unpaired) electrons. The van der Waals surface area contributed by atoms with Crippen molar-refractivity contribution >= 4 is 17.3 Å². The predicted octanol–water partition coefficient (Wildman–Crippen LogP) is 2.07. The third kappa shape index (κ3) is 7.41. The summed E-state index contributed by atoms with van der Waals surface area (Å²) in [6, 6.07) is 0.0529. The molecule has 0 aliphatic heterocycles. The van der Waals surface area contributed by atoms with Gasteiger partial charge in [0, 0.05) is 25.0 Å². The summed E-state index contributed by atoms with van der Waals surface area (Å²) in [6.45, 7) is 2.08. The smallest absolute Gasteiger partial charge is 0.475 e. The summed E-state index contributed by atoms with van der Waals surface area (Å²) in [6.07, 6.45) is -3.20. The first-order chi connectivity index (χ1) is 9.22. The normalized spacial score (nSPS) is 14.1. The van der Waals surface area contributed by atoms with Crippen LogP contribution in [0.1, 0.15) is 19.0 Å². The number of aromatic nitrogens is 1. The maximum atomic E-state index is 10.6. The molecule has 1 rings (SSSR count). The lowest BCUT2D eigenvalue weighted by Gasteiger charge is -2.20. The van der Waals surface area contributed by atoms with Gasteiger partial charge >= 0.3 is 12.1 Å². The lowest BCUT2D eigenvalue weighted by molar-refractivity contribution is -0.192. The minimum atomic E-state index is -5.08. The summed E-state index contributed by atoms with van der Waals surface area (Å²) in [5.74, 6) is -2.76. The SMILES string of the molecule is CC[C@@H](OC)[C@H](N)Cc1cscn1.O=C(O)C(F)(F)F. The number of hydrogen-bond donors (Lipinski definition) is 2. The molecule has 0 aromatic carbocycles. The van der Waals surface area contributed by atoms with Gasteiger partial charge in [0.15, 0.2) is 0 Å². The van der Waals surface area contributed by atoms with Crippen LogP contribution in [0, 0.1) is 0 Å². The van der Waals surface area contributed by atoms with Crippen LogP contribution in [-0.2, 0) is 16.0 Å². The molecule has 2 atom stereocenters. The predicted molar refractivity (Wildman–Crippen MR) is 68.6 cm³/mol. The molecule has 0 bridgehead atoms. The van der Waals surface area contributed by atoms with Crippen molar-refractivity contribution in [1.29, 1.82) is 0 Å². The average molecular weight is 314 g/mol. The zero-order valence-electron chi connectivity index (χ0n) is 11.1. The highest BCUT2D eigenvalue weighted by Crippen LogP contribution is 2.13. The first-order valence-corrected chi connectivity index (χ1v) is 6.62. The molecule has 1 aromatic rings. The Labute approximate surface area is 118 Å². The first-order valence-electron chi connectivity index (χ1n) is 5.67. The molecular weight excluding hydrogens is 297 g/mol. The maximum Gasteiger partial charge on any atom is 0.490 e. The van der Waals surface area contributed by atoms with E-state index in [1.165, 1.54) is 0 Å². The highest BCUT2D eigenvalue weighted by molar-refractivity contribution is 7.07. The van der Waals surface area contributed by atoms with E-state index >= 15 is 0 Å². The highest BCUT2D eigenvalue weighted by Gasteiger charge is 2.38. The molecule has 9 heteroatoms. The fraction of sp³-hybridized carbons (Fsp3) is 0.636. The lowest BCUT2D eigenvalue weighted by atomic mass is 10.1. The van der Waals surface area contributed by atoms with Crippen LogP contribution in [0.2, 0.25) is 0 Å². The number of alkyl halides is 3. The highest BCUT2D eigenvalue weighted by atomic mass is 32.1. The summed E-state index contributed by atoms with van der Waals surface area (Å²) in [7, 11) is 1.70. The van der Waals surface area contributed by atoms with Gasteiger partial charge < -0.3 is 15.6 Å². The minimum absolute atomic E-state index is 0.0529. The Hall–Kier alpha value is -1.19. The molecule has 1 heterocycles. The van der Waals surface area contributed by atoms with E-state index in [0.29, 0.717) is 0 Å². The number of methoxy groups -OCH3 is 1. The molecule has 116 valence electrons. The molecule has 0 amide bonds. The Kier molecular flexibility index (Phi) is 8.35. The molecule has 0 aliphatic rings. The van der Waals surface area contributed by atoms with Gasteiger partial charge in [-0.2, -0.15) is 13.2 Å². The third-order valence-electron chi connectivity index (χ3n) is 2.35. The summed E-state index contributed by atoms with van der Waals surface area (Å²) in [4.78, 5) is 13.1. The second-order valence-corrected chi connectivity index (χ2v) is 4.55. The van der Waals surface area contributed by atoms with Crippen molar-refractivity contribution in [2.75, 3.05) is 7.11 Å². The Balaban J connectivity index is 0.000000441. The van der Waals surface area contributed by atoms with Crippen LogP contribution in [-0.4, -0.2) is 41.5 Å². The van der Waals surface area contributed by atoms with Crippen molar-refractivity contribution in [2.24, 2.45) is 5.73 Å². The molecule has 0 spiro atoms. The van der Waals surface area contributed by atoms with Gasteiger partial charge in [0.05, 0.1) is 17.3 Å². The molecule has 0 saturated carbocycles. The Morgan fingerprint density at radius 3 is 2.45 bits per heavy atom. The number of nitrogens with zero attached hydrogens (tertiary/aromatic N) is 1. The van der Waals surface area contributed by atoms with Crippen molar-refractivity contribution in [1.82, 2.24) is 4.98 Å². The molecule has 3 N–H and O–H groups in total. The van der Waals surface area contributed by atoms with Crippen molar-refractivity contribution in [3.05, 3.63) is 16.6 Å². The standard InChI is InChI=1S/C9H16N2OS.C2HF3O2/c1-3-9(12-2)8(10)4-7-5-13-6-11-7;3-2(4,5)1(6)7/h5-6,8-9H,3-4,10H2,1-2H3;(H,6,7)/t8-,9-;/m1./s1. The van der Waals surface area contributed by atoms with Crippen molar-refractivity contribution in [3.63, 3.8) is 0 Å². The fourth-order valence-corrected chi connectivity index (χ4v) is 1.93. The zero-order chi connectivity index (χ0) is 15.8. The van der Waals surface area contributed by atoms with E-state index in [4.69, 9.17) is 20.4 Å². The van der Waals surface area contributed by atoms with E-state index in [-0.39, 0.29) is 12.1 Å². The van der Waals surface area contributed by atoms with Crippen LogP contribution in [0.25, 0.3) is 0 Å². The lowest BCUT2D eigenvalue weighted by Crippen LogP contribution is -2.37. The number of aliphatic carboxylic acids is 1. The molecular formula is C11H17F3N2O3S. The topological polar surface area (TPSA) is 85.4 Å². The molecule has 5 nitrogen and oxygen atoms in total. The monoisotopic (exact) mass is 314 g/mol. The van der Waals surface area contributed by atoms with Crippen LogP contribution in [0.5, 0.6) is 0 Å². The van der Waals surface area contributed by atoms with Gasteiger partial charge in [-0.15, -0.1) is 11.3 Å². The van der Waals surface area contributed by atoms with Crippen LogP contribution < -0.4 is 5.73 Å². The number of hydrogen-bond acceptors (Lipinski definition) is 5. The minimum Gasteiger partial charge on any atom is -0.475 e. The number of carboxylic acid groups (broad SMARTS) is 1. The average Bonchev–Trinajstić information content (AvgIpc) is 2.83. The largest absolute Gasteiger partial charge is 0.490 e. The summed E-state index contributed by atoms with van der Waals surface area (Å²) < 4.78 is 37.0. The molecule has 1 aromatic heterocycles. The van der Waals surface area contributed by atoms with Gasteiger partial charge in [-0.05, 0) is 6.42 Å². The maximum absolute atomic E-state index is 10.6. The van der Waals surface area contributed by atoms with E-state index in [2.05, 4.69) is 11.9 Å². The number of ether oxygens (including phenoxy) is 1. The number of thiazole rings is 1. The second-order valence-electron chi connectivity index (χ2n) is 3.83. The van der Waals surface area contributed by atoms with E-state index in [9.17, 15) is 13.2 Å². The van der Waals surface area contributed by atoms with E-state index < -0.39 is 12.1 Å². The molecule has 0 saturated heterocycles. The first kappa shape index (κ1) is 18.8. The van der Waals surface area contributed by atoms with Gasteiger partial charge in [-0.25, -0.2) is 9.78 Å². The second kappa shape index (κ2) is 8.88. The number of carboxylic acids is 1. The van der Waals surface area contributed by atoms with Gasteiger partial charge in [-0.3, -0.25) is 0 Å². The van der Waals surface area contributed by atoms with E-state index in [1.54, 1.807) is 18.4 Å². The van der Waals surface area contributed by atoms with E-state index in [1.807, 2.05) is 10.9 Å². The van der Waals surface area contributed by atoms with Gasteiger partial charge in [0.2, 0.25) is 0 Å². The summed E-state index contributed by atoms with van der Waals surface area (Å²) >= 11 is 1.60. The Morgan fingerprint density at radius 1 is 1.60 bits per heavy atom. The molecule has 20 heavy (non-hydrogen) atoms. The number of halogens is 3. The molecule has 0 fully saturated rings. The summed E-state index contributed by atoms with van der Waals surface area (Å²) in [5.41, 5.74) is 8.86.